The molecule has 0 spiro atoms. The summed E-state index contributed by atoms with van der Waals surface area (Å²) >= 11 is 0. The van der Waals surface area contributed by atoms with Crippen LogP contribution in [0, 0.1) is 10.1 Å². The van der Waals surface area contributed by atoms with Gasteiger partial charge in [-0.25, -0.2) is 4.79 Å². The van der Waals surface area contributed by atoms with Gasteiger partial charge in [0.05, 0.1) is 17.5 Å². The number of ether oxygens (including phenoxy) is 1. The van der Waals surface area contributed by atoms with Crippen LogP contribution in [0.25, 0.3) is 0 Å². The molecule has 1 aliphatic rings. The first-order valence-corrected chi connectivity index (χ1v) is 12.8. The summed E-state index contributed by atoms with van der Waals surface area (Å²) in [5.41, 5.74) is 11.7. The van der Waals surface area contributed by atoms with Gasteiger partial charge in [0.15, 0.2) is 0 Å². The van der Waals surface area contributed by atoms with E-state index >= 15 is 0 Å². The number of amides is 4. The summed E-state index contributed by atoms with van der Waals surface area (Å²) in [6, 6.07) is 5.24. The molecule has 1 aromatic heterocycles. The normalized spacial score (nSPS) is 15.8. The molecule has 0 aliphatic carbocycles. The monoisotopic (exact) mass is 569 g/mol. The fourth-order valence-corrected chi connectivity index (χ4v) is 4.25. The molecule has 6 N–H and O–H groups in total. The molecule has 1 aliphatic heterocycles. The maximum atomic E-state index is 13.4. The molecule has 0 saturated carbocycles. The third-order valence-corrected chi connectivity index (χ3v) is 6.33. The molecule has 0 radical (unpaired) electrons. The molecule has 15 heteroatoms. The number of primary amides is 1. The minimum Gasteiger partial charge on any atom is -0.425 e. The van der Waals surface area contributed by atoms with Gasteiger partial charge in [0.2, 0.25) is 23.6 Å². The molecule has 2 heterocycles. The van der Waals surface area contributed by atoms with Gasteiger partial charge in [-0.1, -0.05) is 6.07 Å². The van der Waals surface area contributed by atoms with Crippen LogP contribution in [0.5, 0.6) is 5.75 Å². The highest BCUT2D eigenvalue weighted by atomic mass is 16.6. The Morgan fingerprint density at radius 3 is 2.54 bits per heavy atom. The maximum absolute atomic E-state index is 13.4. The van der Waals surface area contributed by atoms with E-state index in [1.165, 1.54) is 29.2 Å². The van der Waals surface area contributed by atoms with Crippen molar-refractivity contribution in [3.63, 3.8) is 0 Å². The number of nitro benzene ring substituents is 1. The number of likely N-dealkylation sites (tertiary alicyclic amines) is 1. The molecular formula is C26H31N7O8. The molecule has 4 amide bonds. The number of hydrogen-bond donors (Lipinski definition) is 4. The lowest BCUT2D eigenvalue weighted by molar-refractivity contribution is -0.384. The van der Waals surface area contributed by atoms with Crippen molar-refractivity contribution in [2.24, 2.45) is 11.5 Å². The van der Waals surface area contributed by atoms with E-state index in [0.29, 0.717) is 12.8 Å². The number of benzene rings is 1. The van der Waals surface area contributed by atoms with Crippen molar-refractivity contribution in [2.75, 3.05) is 13.1 Å². The lowest BCUT2D eigenvalue weighted by Gasteiger charge is -2.28. The quantitative estimate of drug-likeness (QED) is 0.103. The van der Waals surface area contributed by atoms with Crippen molar-refractivity contribution in [3.8, 4) is 5.75 Å². The van der Waals surface area contributed by atoms with Crippen molar-refractivity contribution in [3.05, 3.63) is 64.5 Å². The number of carbonyl (C=O) groups excluding carboxylic acids is 5. The number of nitrogens with two attached hydrogens (primary N) is 2. The van der Waals surface area contributed by atoms with Crippen LogP contribution in [-0.2, 0) is 30.4 Å². The van der Waals surface area contributed by atoms with Crippen LogP contribution in [-0.4, -0.2) is 75.6 Å². The third-order valence-electron chi connectivity index (χ3n) is 6.33. The van der Waals surface area contributed by atoms with E-state index in [1.54, 1.807) is 24.5 Å². The number of rotatable bonds is 13. The predicted molar refractivity (Wildman–Crippen MR) is 143 cm³/mol. The molecule has 1 aromatic carbocycles. The summed E-state index contributed by atoms with van der Waals surface area (Å²) in [5.74, 6) is -3.29. The average Bonchev–Trinajstić information content (AvgIpc) is 3.44. The fourth-order valence-electron chi connectivity index (χ4n) is 4.25. The Labute approximate surface area is 234 Å². The van der Waals surface area contributed by atoms with Crippen LogP contribution in [0.1, 0.15) is 31.2 Å². The van der Waals surface area contributed by atoms with Crippen LogP contribution >= 0.6 is 0 Å². The van der Waals surface area contributed by atoms with Gasteiger partial charge >= 0.3 is 5.97 Å². The minimum absolute atomic E-state index is 0.0657. The second-order valence-corrected chi connectivity index (χ2v) is 9.38. The van der Waals surface area contributed by atoms with E-state index in [2.05, 4.69) is 15.6 Å². The van der Waals surface area contributed by atoms with Crippen LogP contribution in [0.2, 0.25) is 0 Å². The summed E-state index contributed by atoms with van der Waals surface area (Å²) in [5, 5.41) is 15.8. The van der Waals surface area contributed by atoms with Crippen molar-refractivity contribution >= 4 is 35.3 Å². The zero-order chi connectivity index (χ0) is 29.9. The van der Waals surface area contributed by atoms with Gasteiger partial charge in [-0.15, -0.1) is 0 Å². The second-order valence-electron chi connectivity index (χ2n) is 9.38. The summed E-state index contributed by atoms with van der Waals surface area (Å²) in [6.07, 6.45) is 3.78. The van der Waals surface area contributed by atoms with Crippen molar-refractivity contribution in [2.45, 2.75) is 50.2 Å². The number of non-ortho nitro benzene ring substituents is 1. The van der Waals surface area contributed by atoms with Crippen molar-refractivity contribution < 1.29 is 33.6 Å². The zero-order valence-corrected chi connectivity index (χ0v) is 22.1. The fraction of sp³-hybridized carbons (Fsp3) is 0.385. The van der Waals surface area contributed by atoms with Crippen molar-refractivity contribution in [1.29, 1.82) is 0 Å². The standard InChI is InChI=1S/C26H31N7O8/c27-19(13-16-3-1-11-29-14-16)24(36)30-15-23(35)31-20(9-10-22(28)34)25(37)32-12-2-4-21(32)26(38)41-18-7-5-17(6-8-18)33(39)40/h1,3,5-8,11,14,19-21H,2,4,9-10,12-13,15,27H2,(H2,28,34)(H,30,36)(H,31,35)/t19-,20-,21-/m0/s1. The first-order chi connectivity index (χ1) is 19.5. The van der Waals surface area contributed by atoms with Gasteiger partial charge < -0.3 is 31.7 Å². The van der Waals surface area contributed by atoms with Gasteiger partial charge in [-0.2, -0.15) is 0 Å². The van der Waals surface area contributed by atoms with E-state index in [0.717, 1.165) is 5.56 Å². The lowest BCUT2D eigenvalue weighted by Crippen LogP contribution is -2.54. The Balaban J connectivity index is 1.60. The largest absolute Gasteiger partial charge is 0.425 e. The van der Waals surface area contributed by atoms with Crippen LogP contribution in [0.4, 0.5) is 5.69 Å². The summed E-state index contributed by atoms with van der Waals surface area (Å²) in [6.45, 7) is -0.284. The van der Waals surface area contributed by atoms with E-state index in [1.807, 2.05) is 0 Å². The van der Waals surface area contributed by atoms with E-state index in [4.69, 9.17) is 16.2 Å². The molecule has 1 fully saturated rings. The minimum atomic E-state index is -1.20. The highest BCUT2D eigenvalue weighted by Gasteiger charge is 2.39. The van der Waals surface area contributed by atoms with Crippen LogP contribution in [0.3, 0.4) is 0 Å². The number of hydrogen-bond acceptors (Lipinski definition) is 10. The number of aromatic nitrogens is 1. The number of nitrogens with one attached hydrogen (secondary N) is 2. The maximum Gasteiger partial charge on any atom is 0.334 e. The number of carbonyl (C=O) groups is 5. The number of nitrogens with zero attached hydrogens (tertiary/aromatic N) is 3. The predicted octanol–water partition coefficient (Wildman–Crippen LogP) is -0.677. The van der Waals surface area contributed by atoms with Gasteiger partial charge in [0, 0.05) is 37.5 Å². The molecule has 218 valence electrons. The first kappa shape index (κ1) is 30.6. The van der Waals surface area contributed by atoms with E-state index in [9.17, 15) is 34.1 Å². The molecule has 3 atom stereocenters. The Morgan fingerprint density at radius 2 is 1.90 bits per heavy atom. The molecule has 0 bridgehead atoms. The van der Waals surface area contributed by atoms with Gasteiger partial charge in [0.1, 0.15) is 17.8 Å². The number of esters is 1. The molecule has 2 aromatic rings. The summed E-state index contributed by atoms with van der Waals surface area (Å²) < 4.78 is 5.32. The Bertz CT molecular complexity index is 1270. The van der Waals surface area contributed by atoms with Gasteiger partial charge in [-0.05, 0) is 49.4 Å². The molecule has 3 rings (SSSR count). The highest BCUT2D eigenvalue weighted by Crippen LogP contribution is 2.23. The highest BCUT2D eigenvalue weighted by molar-refractivity contribution is 5.93. The van der Waals surface area contributed by atoms with E-state index in [-0.39, 0.29) is 37.2 Å². The Kier molecular flexibility index (Phi) is 10.8. The molecule has 0 unspecified atom stereocenters. The number of pyridine rings is 1. The first-order valence-electron chi connectivity index (χ1n) is 12.8. The molecule has 15 nitrogen and oxygen atoms in total. The van der Waals surface area contributed by atoms with Crippen LogP contribution < -0.4 is 26.8 Å². The average molecular weight is 570 g/mol. The third kappa shape index (κ3) is 9.06. The Hall–Kier alpha value is -4.92. The molecule has 1 saturated heterocycles. The van der Waals surface area contributed by atoms with Crippen LogP contribution in [0.15, 0.2) is 48.8 Å². The summed E-state index contributed by atoms with van der Waals surface area (Å²) in [7, 11) is 0. The molecule has 41 heavy (non-hydrogen) atoms. The molecular weight excluding hydrogens is 538 g/mol. The SMILES string of the molecule is NC(=O)CC[C@H](NC(=O)CNC(=O)[C@@H](N)Cc1cccnc1)C(=O)N1CCC[C@H]1C(=O)Oc1ccc([N+](=O)[O-])cc1. The van der Waals surface area contributed by atoms with E-state index < -0.39 is 59.2 Å². The topological polar surface area (TPSA) is 230 Å². The smallest absolute Gasteiger partial charge is 0.334 e. The summed E-state index contributed by atoms with van der Waals surface area (Å²) in [4.78, 5) is 78.1. The van der Waals surface area contributed by atoms with Crippen molar-refractivity contribution in [1.82, 2.24) is 20.5 Å². The van der Waals surface area contributed by atoms with Gasteiger partial charge in [0.25, 0.3) is 5.69 Å². The Morgan fingerprint density at radius 1 is 1.17 bits per heavy atom. The number of nitro groups is 1. The second kappa shape index (κ2) is 14.5. The lowest BCUT2D eigenvalue weighted by atomic mass is 10.1. The zero-order valence-electron chi connectivity index (χ0n) is 22.1. The van der Waals surface area contributed by atoms with Gasteiger partial charge in [-0.3, -0.25) is 34.3 Å².